The van der Waals surface area contributed by atoms with E-state index in [1.165, 1.54) is 0 Å². The maximum atomic E-state index is 12.9. The van der Waals surface area contributed by atoms with Gasteiger partial charge in [0.05, 0.1) is 5.69 Å². The van der Waals surface area contributed by atoms with Gasteiger partial charge < -0.3 is 4.90 Å². The second-order valence-corrected chi connectivity index (χ2v) is 6.61. The summed E-state index contributed by atoms with van der Waals surface area (Å²) < 4.78 is 1.93. The molecule has 0 aliphatic rings. The first-order valence-corrected chi connectivity index (χ1v) is 8.82. The van der Waals surface area contributed by atoms with Crippen LogP contribution in [0.15, 0.2) is 73.2 Å². The standard InChI is InChI=1S/C22H20N4O/c1-16-10-11-18(22(27)25(2)14-17-7-4-3-5-8-17)13-20(16)26-15-24-19-9-6-12-23-21(19)26/h3-13,15H,14H2,1-2H3. The summed E-state index contributed by atoms with van der Waals surface area (Å²) >= 11 is 0. The predicted molar refractivity (Wildman–Crippen MR) is 106 cm³/mol. The summed E-state index contributed by atoms with van der Waals surface area (Å²) in [4.78, 5) is 23.5. The number of fused-ring (bicyclic) bond motifs is 1. The summed E-state index contributed by atoms with van der Waals surface area (Å²) in [5.41, 5.74) is 5.33. The molecule has 0 aliphatic heterocycles. The van der Waals surface area contributed by atoms with Crippen LogP contribution in [0, 0.1) is 6.92 Å². The average Bonchev–Trinajstić information content (AvgIpc) is 3.12. The molecule has 0 saturated carbocycles. The van der Waals surface area contributed by atoms with Gasteiger partial charge >= 0.3 is 0 Å². The van der Waals surface area contributed by atoms with Gasteiger partial charge in [0, 0.05) is 25.4 Å². The molecule has 0 unspecified atom stereocenters. The maximum absolute atomic E-state index is 12.9. The Balaban J connectivity index is 1.67. The molecule has 5 heteroatoms. The van der Waals surface area contributed by atoms with E-state index in [9.17, 15) is 4.79 Å². The predicted octanol–water partition coefficient (Wildman–Crippen LogP) is 4.00. The number of hydrogen-bond acceptors (Lipinski definition) is 3. The van der Waals surface area contributed by atoms with Crippen molar-refractivity contribution < 1.29 is 4.79 Å². The van der Waals surface area contributed by atoms with Crippen LogP contribution >= 0.6 is 0 Å². The zero-order chi connectivity index (χ0) is 18.8. The number of hydrogen-bond donors (Lipinski definition) is 0. The Labute approximate surface area is 157 Å². The average molecular weight is 356 g/mol. The van der Waals surface area contributed by atoms with Gasteiger partial charge in [-0.05, 0) is 42.3 Å². The number of carbonyl (C=O) groups excluding carboxylic acids is 1. The van der Waals surface area contributed by atoms with Gasteiger partial charge in [-0.1, -0.05) is 36.4 Å². The number of rotatable bonds is 4. The Morgan fingerprint density at radius 1 is 1.04 bits per heavy atom. The first-order valence-electron chi connectivity index (χ1n) is 8.82. The number of benzene rings is 2. The molecule has 2 aromatic heterocycles. The van der Waals surface area contributed by atoms with Gasteiger partial charge in [0.25, 0.3) is 5.91 Å². The first kappa shape index (κ1) is 17.0. The molecule has 27 heavy (non-hydrogen) atoms. The van der Waals surface area contributed by atoms with Crippen molar-refractivity contribution in [2.24, 2.45) is 0 Å². The Hall–Kier alpha value is -3.47. The zero-order valence-electron chi connectivity index (χ0n) is 15.3. The van der Waals surface area contributed by atoms with E-state index in [1.807, 2.05) is 79.2 Å². The van der Waals surface area contributed by atoms with Crippen molar-refractivity contribution in [2.45, 2.75) is 13.5 Å². The lowest BCUT2D eigenvalue weighted by Gasteiger charge is -2.18. The van der Waals surface area contributed by atoms with Crippen LogP contribution in [0.3, 0.4) is 0 Å². The lowest BCUT2D eigenvalue weighted by molar-refractivity contribution is 0.0785. The van der Waals surface area contributed by atoms with Crippen LogP contribution in [-0.2, 0) is 6.54 Å². The highest BCUT2D eigenvalue weighted by Crippen LogP contribution is 2.21. The van der Waals surface area contributed by atoms with Gasteiger partial charge in [-0.25, -0.2) is 9.97 Å². The minimum atomic E-state index is -0.0162. The first-order chi connectivity index (χ1) is 13.1. The summed E-state index contributed by atoms with van der Waals surface area (Å²) in [5, 5.41) is 0. The molecule has 0 N–H and O–H groups in total. The van der Waals surface area contributed by atoms with Crippen LogP contribution in [-0.4, -0.2) is 32.4 Å². The number of amides is 1. The van der Waals surface area contributed by atoms with E-state index in [1.54, 1.807) is 17.4 Å². The second-order valence-electron chi connectivity index (χ2n) is 6.61. The highest BCUT2D eigenvalue weighted by atomic mass is 16.2. The summed E-state index contributed by atoms with van der Waals surface area (Å²) in [6.45, 7) is 2.59. The van der Waals surface area contributed by atoms with Gasteiger partial charge in [-0.2, -0.15) is 0 Å². The van der Waals surface area contributed by atoms with Gasteiger partial charge in [0.2, 0.25) is 0 Å². The van der Waals surface area contributed by atoms with E-state index in [-0.39, 0.29) is 5.91 Å². The molecule has 0 fully saturated rings. The third kappa shape index (κ3) is 3.31. The van der Waals surface area contributed by atoms with E-state index in [4.69, 9.17) is 0 Å². The molecule has 4 rings (SSSR count). The molecule has 0 radical (unpaired) electrons. The van der Waals surface area contributed by atoms with E-state index in [0.29, 0.717) is 12.1 Å². The number of aryl methyl sites for hydroxylation is 1. The van der Waals surface area contributed by atoms with Crippen LogP contribution in [0.2, 0.25) is 0 Å². The van der Waals surface area contributed by atoms with Crippen LogP contribution in [0.25, 0.3) is 16.9 Å². The molecule has 134 valence electrons. The third-order valence-corrected chi connectivity index (χ3v) is 4.63. The van der Waals surface area contributed by atoms with Crippen molar-refractivity contribution in [1.82, 2.24) is 19.4 Å². The van der Waals surface area contributed by atoms with Crippen molar-refractivity contribution in [2.75, 3.05) is 7.05 Å². The van der Waals surface area contributed by atoms with E-state index in [0.717, 1.165) is 28.0 Å². The molecule has 1 amide bonds. The van der Waals surface area contributed by atoms with E-state index >= 15 is 0 Å². The normalized spacial score (nSPS) is 10.9. The van der Waals surface area contributed by atoms with Crippen molar-refractivity contribution in [3.8, 4) is 5.69 Å². The molecular formula is C22H20N4O. The highest BCUT2D eigenvalue weighted by Gasteiger charge is 2.15. The van der Waals surface area contributed by atoms with Gasteiger partial charge in [-0.15, -0.1) is 0 Å². The fourth-order valence-electron chi connectivity index (χ4n) is 3.18. The van der Waals surface area contributed by atoms with Crippen molar-refractivity contribution >= 4 is 17.1 Å². The summed E-state index contributed by atoms with van der Waals surface area (Å²) in [5.74, 6) is -0.0162. The lowest BCUT2D eigenvalue weighted by atomic mass is 10.1. The molecule has 4 aromatic rings. The van der Waals surface area contributed by atoms with Crippen LogP contribution in [0.1, 0.15) is 21.5 Å². The molecule has 0 saturated heterocycles. The van der Waals surface area contributed by atoms with Crippen LogP contribution < -0.4 is 0 Å². The quantitative estimate of drug-likeness (QED) is 0.555. The molecule has 0 aliphatic carbocycles. The Morgan fingerprint density at radius 3 is 2.67 bits per heavy atom. The Kier molecular flexibility index (Phi) is 4.42. The van der Waals surface area contributed by atoms with Gasteiger partial charge in [0.15, 0.2) is 5.65 Å². The molecule has 0 bridgehead atoms. The third-order valence-electron chi connectivity index (χ3n) is 4.63. The van der Waals surface area contributed by atoms with Crippen LogP contribution in [0.4, 0.5) is 0 Å². The van der Waals surface area contributed by atoms with Gasteiger partial charge in [-0.3, -0.25) is 9.36 Å². The molecule has 2 aromatic carbocycles. The largest absolute Gasteiger partial charge is 0.337 e. The molecule has 5 nitrogen and oxygen atoms in total. The smallest absolute Gasteiger partial charge is 0.253 e. The maximum Gasteiger partial charge on any atom is 0.253 e. The monoisotopic (exact) mass is 356 g/mol. The van der Waals surface area contributed by atoms with Crippen LogP contribution in [0.5, 0.6) is 0 Å². The summed E-state index contributed by atoms with van der Waals surface area (Å²) in [7, 11) is 1.82. The topological polar surface area (TPSA) is 51.0 Å². The fraction of sp³-hybridized carbons (Fsp3) is 0.136. The minimum absolute atomic E-state index is 0.0162. The highest BCUT2D eigenvalue weighted by molar-refractivity contribution is 5.95. The molecular weight excluding hydrogens is 336 g/mol. The van der Waals surface area contributed by atoms with E-state index in [2.05, 4.69) is 9.97 Å². The number of nitrogens with zero attached hydrogens (tertiary/aromatic N) is 4. The molecule has 2 heterocycles. The Bertz CT molecular complexity index is 1100. The van der Waals surface area contributed by atoms with E-state index < -0.39 is 0 Å². The summed E-state index contributed by atoms with van der Waals surface area (Å²) in [6.07, 6.45) is 3.50. The number of aromatic nitrogens is 3. The SMILES string of the molecule is Cc1ccc(C(=O)N(C)Cc2ccccc2)cc1-n1cnc2cccnc21. The van der Waals surface area contributed by atoms with Crippen molar-refractivity contribution in [3.05, 3.63) is 89.9 Å². The number of carbonyl (C=O) groups is 1. The van der Waals surface area contributed by atoms with Gasteiger partial charge in [0.1, 0.15) is 11.8 Å². The Morgan fingerprint density at radius 2 is 1.85 bits per heavy atom. The zero-order valence-corrected chi connectivity index (χ0v) is 15.3. The van der Waals surface area contributed by atoms with Crippen molar-refractivity contribution in [1.29, 1.82) is 0 Å². The number of pyridine rings is 1. The number of imidazole rings is 1. The lowest BCUT2D eigenvalue weighted by Crippen LogP contribution is -2.26. The minimum Gasteiger partial charge on any atom is -0.337 e. The fourth-order valence-corrected chi connectivity index (χ4v) is 3.18. The second kappa shape index (κ2) is 7.03. The van der Waals surface area contributed by atoms with Crippen molar-refractivity contribution in [3.63, 3.8) is 0 Å². The summed E-state index contributed by atoms with van der Waals surface area (Å²) in [6, 6.07) is 19.5. The molecule has 0 atom stereocenters. The molecule has 0 spiro atoms.